The molecule has 242 valence electrons. The standard InChI is InChI=1S/C34H35F2N3O6S/c1-2-44-22-6-21-37-34(41)33(26-7-4-3-5-8-26)39(23-25-9-11-27(35)12-10-25)32(40)24-45-30-17-19-31(20-18-30)46(42,43)38-29-15-13-28(36)14-16-29/h3-5,7-20,33,38H,2,6,21-24H2,1H3,(H,37,41). The van der Waals surface area contributed by atoms with Crippen LogP contribution < -0.4 is 14.8 Å². The van der Waals surface area contributed by atoms with Crippen LogP contribution in [-0.2, 0) is 30.9 Å². The average Bonchev–Trinajstić information content (AvgIpc) is 3.06. The van der Waals surface area contributed by atoms with Crippen molar-refractivity contribution in [2.45, 2.75) is 30.8 Å². The molecule has 0 heterocycles. The molecule has 46 heavy (non-hydrogen) atoms. The minimum Gasteiger partial charge on any atom is -0.484 e. The first-order valence-electron chi connectivity index (χ1n) is 14.6. The topological polar surface area (TPSA) is 114 Å². The Kier molecular flexibility index (Phi) is 12.2. The van der Waals surface area contributed by atoms with E-state index in [0.717, 1.165) is 12.1 Å². The third-order valence-corrected chi connectivity index (χ3v) is 8.22. The van der Waals surface area contributed by atoms with E-state index >= 15 is 0 Å². The second kappa shape index (κ2) is 16.5. The Bertz CT molecular complexity index is 1670. The molecular formula is C34H35F2N3O6S. The van der Waals surface area contributed by atoms with Gasteiger partial charge in [0.2, 0.25) is 5.91 Å². The van der Waals surface area contributed by atoms with E-state index in [1.807, 2.05) is 6.92 Å². The molecule has 0 fully saturated rings. The summed E-state index contributed by atoms with van der Waals surface area (Å²) >= 11 is 0. The van der Waals surface area contributed by atoms with Crippen LogP contribution in [0.2, 0.25) is 0 Å². The summed E-state index contributed by atoms with van der Waals surface area (Å²) < 4.78 is 65.9. The van der Waals surface area contributed by atoms with Crippen molar-refractivity contribution in [1.82, 2.24) is 10.2 Å². The van der Waals surface area contributed by atoms with Gasteiger partial charge in [0.25, 0.3) is 15.9 Å². The normalized spacial score (nSPS) is 11.8. The van der Waals surface area contributed by atoms with Crippen molar-refractivity contribution in [1.29, 1.82) is 0 Å². The van der Waals surface area contributed by atoms with Crippen molar-refractivity contribution in [3.63, 3.8) is 0 Å². The second-order valence-corrected chi connectivity index (χ2v) is 11.9. The zero-order chi connectivity index (χ0) is 32.9. The van der Waals surface area contributed by atoms with Gasteiger partial charge in [-0.2, -0.15) is 0 Å². The monoisotopic (exact) mass is 651 g/mol. The third-order valence-electron chi connectivity index (χ3n) is 6.82. The average molecular weight is 652 g/mol. The Hall–Kier alpha value is -4.81. The van der Waals surface area contributed by atoms with E-state index in [0.29, 0.717) is 37.3 Å². The molecule has 9 nitrogen and oxygen atoms in total. The number of benzene rings is 4. The molecule has 0 radical (unpaired) electrons. The van der Waals surface area contributed by atoms with Gasteiger partial charge in [-0.15, -0.1) is 0 Å². The number of ether oxygens (including phenoxy) is 2. The van der Waals surface area contributed by atoms with E-state index in [1.54, 1.807) is 30.3 Å². The lowest BCUT2D eigenvalue weighted by atomic mass is 10.0. The number of rotatable bonds is 16. The number of nitrogens with zero attached hydrogens (tertiary/aromatic N) is 1. The molecule has 0 aromatic heterocycles. The largest absolute Gasteiger partial charge is 0.484 e. The van der Waals surface area contributed by atoms with Gasteiger partial charge in [-0.3, -0.25) is 14.3 Å². The van der Waals surface area contributed by atoms with E-state index in [4.69, 9.17) is 9.47 Å². The number of amides is 2. The van der Waals surface area contributed by atoms with E-state index in [2.05, 4.69) is 10.0 Å². The van der Waals surface area contributed by atoms with Gasteiger partial charge in [0.1, 0.15) is 23.4 Å². The van der Waals surface area contributed by atoms with Gasteiger partial charge < -0.3 is 19.7 Å². The summed E-state index contributed by atoms with van der Waals surface area (Å²) in [7, 11) is -3.97. The third kappa shape index (κ3) is 9.85. The van der Waals surface area contributed by atoms with Gasteiger partial charge >= 0.3 is 0 Å². The van der Waals surface area contributed by atoms with Gasteiger partial charge in [-0.1, -0.05) is 42.5 Å². The quantitative estimate of drug-likeness (QED) is 0.156. The van der Waals surface area contributed by atoms with Crippen LogP contribution in [0.1, 0.15) is 30.5 Å². The Balaban J connectivity index is 1.52. The molecule has 1 unspecified atom stereocenters. The maximum atomic E-state index is 13.8. The van der Waals surface area contributed by atoms with Crippen molar-refractivity contribution in [2.75, 3.05) is 31.1 Å². The first kappa shape index (κ1) is 34.1. The van der Waals surface area contributed by atoms with Crippen molar-refractivity contribution in [3.05, 3.63) is 126 Å². The highest BCUT2D eigenvalue weighted by Gasteiger charge is 2.32. The summed E-state index contributed by atoms with van der Waals surface area (Å²) in [6, 6.07) is 23.7. The number of hydrogen-bond acceptors (Lipinski definition) is 6. The van der Waals surface area contributed by atoms with Crippen LogP contribution in [0.25, 0.3) is 0 Å². The number of anilines is 1. The fourth-order valence-electron chi connectivity index (χ4n) is 4.52. The lowest BCUT2D eigenvalue weighted by Crippen LogP contribution is -2.45. The molecule has 0 aliphatic rings. The first-order valence-corrected chi connectivity index (χ1v) is 16.1. The highest BCUT2D eigenvalue weighted by Crippen LogP contribution is 2.25. The molecule has 4 aromatic rings. The van der Waals surface area contributed by atoms with Crippen LogP contribution >= 0.6 is 0 Å². The van der Waals surface area contributed by atoms with Gasteiger partial charge in [-0.25, -0.2) is 17.2 Å². The van der Waals surface area contributed by atoms with Crippen molar-refractivity contribution in [3.8, 4) is 5.75 Å². The number of carbonyl (C=O) groups is 2. The number of hydrogen-bond donors (Lipinski definition) is 2. The molecule has 2 N–H and O–H groups in total. The minimum absolute atomic E-state index is 0.0133. The van der Waals surface area contributed by atoms with E-state index < -0.39 is 46.1 Å². The highest BCUT2D eigenvalue weighted by molar-refractivity contribution is 7.92. The SMILES string of the molecule is CCOCCCNC(=O)C(c1ccccc1)N(Cc1ccc(F)cc1)C(=O)COc1ccc(S(=O)(=O)Nc2ccc(F)cc2)cc1. The van der Waals surface area contributed by atoms with Gasteiger partial charge in [0.15, 0.2) is 6.61 Å². The van der Waals surface area contributed by atoms with E-state index in [1.165, 1.54) is 65.6 Å². The summed E-state index contributed by atoms with van der Waals surface area (Å²) in [6.45, 7) is 2.77. The van der Waals surface area contributed by atoms with Crippen LogP contribution in [-0.4, -0.2) is 51.5 Å². The number of sulfonamides is 1. The molecule has 4 rings (SSSR count). The van der Waals surface area contributed by atoms with E-state index in [9.17, 15) is 26.8 Å². The number of nitrogens with one attached hydrogen (secondary N) is 2. The fourth-order valence-corrected chi connectivity index (χ4v) is 5.58. The summed E-state index contributed by atoms with van der Waals surface area (Å²) in [5, 5.41) is 2.89. The van der Waals surface area contributed by atoms with Gasteiger partial charge in [0.05, 0.1) is 4.90 Å². The van der Waals surface area contributed by atoms with Crippen LogP contribution in [0, 0.1) is 11.6 Å². The maximum absolute atomic E-state index is 13.8. The molecule has 1 atom stereocenters. The smallest absolute Gasteiger partial charge is 0.261 e. The second-order valence-electron chi connectivity index (χ2n) is 10.2. The molecule has 0 spiro atoms. The molecule has 2 amide bonds. The summed E-state index contributed by atoms with van der Waals surface area (Å²) in [4.78, 5) is 28.7. The Morgan fingerprint density at radius 2 is 1.48 bits per heavy atom. The predicted octanol–water partition coefficient (Wildman–Crippen LogP) is 5.46. The zero-order valence-electron chi connectivity index (χ0n) is 25.2. The fraction of sp³-hybridized carbons (Fsp3) is 0.235. The van der Waals surface area contributed by atoms with Crippen LogP contribution in [0.15, 0.2) is 108 Å². The molecule has 0 aliphatic heterocycles. The highest BCUT2D eigenvalue weighted by atomic mass is 32.2. The molecule has 0 saturated carbocycles. The molecule has 12 heteroatoms. The van der Waals surface area contributed by atoms with Gasteiger partial charge in [0, 0.05) is 32.0 Å². The summed E-state index contributed by atoms with van der Waals surface area (Å²) in [5.74, 6) is -1.65. The van der Waals surface area contributed by atoms with Crippen LogP contribution in [0.4, 0.5) is 14.5 Å². The molecule has 4 aromatic carbocycles. The predicted molar refractivity (Wildman–Crippen MR) is 169 cm³/mol. The molecule has 0 saturated heterocycles. The Morgan fingerprint density at radius 3 is 2.11 bits per heavy atom. The van der Waals surface area contributed by atoms with Crippen molar-refractivity contribution < 1.29 is 36.3 Å². The number of halogens is 2. The Labute approximate surface area is 267 Å². The summed E-state index contributed by atoms with van der Waals surface area (Å²) in [5.41, 5.74) is 1.37. The van der Waals surface area contributed by atoms with Crippen molar-refractivity contribution >= 4 is 27.5 Å². The molecule has 0 bridgehead atoms. The van der Waals surface area contributed by atoms with Crippen LogP contribution in [0.3, 0.4) is 0 Å². The van der Waals surface area contributed by atoms with Crippen LogP contribution in [0.5, 0.6) is 5.75 Å². The Morgan fingerprint density at radius 1 is 0.848 bits per heavy atom. The van der Waals surface area contributed by atoms with Crippen molar-refractivity contribution in [2.24, 2.45) is 0 Å². The summed E-state index contributed by atoms with van der Waals surface area (Å²) in [6.07, 6.45) is 0.585. The first-order chi connectivity index (χ1) is 22.2. The number of carbonyl (C=O) groups excluding carboxylic acids is 2. The zero-order valence-corrected chi connectivity index (χ0v) is 26.0. The maximum Gasteiger partial charge on any atom is 0.261 e. The lowest BCUT2D eigenvalue weighted by molar-refractivity contribution is -0.143. The molecular weight excluding hydrogens is 616 g/mol. The van der Waals surface area contributed by atoms with E-state index in [-0.39, 0.29) is 22.9 Å². The molecule has 0 aliphatic carbocycles. The van der Waals surface area contributed by atoms with Gasteiger partial charge in [-0.05, 0) is 85.1 Å². The lowest BCUT2D eigenvalue weighted by Gasteiger charge is -2.31. The minimum atomic E-state index is -3.97.